The summed E-state index contributed by atoms with van der Waals surface area (Å²) >= 11 is 0.953. The van der Waals surface area contributed by atoms with Crippen LogP contribution >= 0.6 is 11.3 Å². The summed E-state index contributed by atoms with van der Waals surface area (Å²) < 4.78 is 33.2. The van der Waals surface area contributed by atoms with Crippen LogP contribution in [0.1, 0.15) is 48.8 Å². The number of aromatic nitrogens is 1. The summed E-state index contributed by atoms with van der Waals surface area (Å²) in [4.78, 5) is 30.5. The lowest BCUT2D eigenvalue weighted by Gasteiger charge is -2.33. The number of piperidine rings is 1. The van der Waals surface area contributed by atoms with Crippen molar-refractivity contribution < 1.29 is 23.1 Å². The first-order valence-corrected chi connectivity index (χ1v) is 10.4. The van der Waals surface area contributed by atoms with Crippen molar-refractivity contribution in [2.45, 2.75) is 45.3 Å². The highest BCUT2D eigenvalue weighted by atomic mass is 32.1. The van der Waals surface area contributed by atoms with Crippen molar-refractivity contribution in [3.63, 3.8) is 0 Å². The Balaban J connectivity index is 1.63. The lowest BCUT2D eigenvalue weighted by Crippen LogP contribution is -2.44. The summed E-state index contributed by atoms with van der Waals surface area (Å²) in [5.41, 5.74) is 4.63. The fourth-order valence-corrected chi connectivity index (χ4v) is 4.00. The number of nitrogens with zero attached hydrogens (tertiary/aromatic N) is 2. The molecule has 0 aliphatic carbocycles. The van der Waals surface area contributed by atoms with E-state index in [1.165, 1.54) is 6.07 Å². The Labute approximate surface area is 177 Å². The van der Waals surface area contributed by atoms with Gasteiger partial charge in [-0.2, -0.15) is 0 Å². The van der Waals surface area contributed by atoms with Crippen molar-refractivity contribution in [1.82, 2.24) is 9.88 Å². The summed E-state index contributed by atoms with van der Waals surface area (Å²) in [7, 11) is 0. The maximum absolute atomic E-state index is 13.9. The van der Waals surface area contributed by atoms with Crippen molar-refractivity contribution in [1.29, 1.82) is 0 Å². The van der Waals surface area contributed by atoms with Gasteiger partial charge in [0, 0.05) is 19.1 Å². The van der Waals surface area contributed by atoms with E-state index in [1.807, 2.05) is 20.8 Å². The van der Waals surface area contributed by atoms with Gasteiger partial charge in [0.2, 0.25) is 5.78 Å². The molecule has 10 heteroatoms. The molecule has 0 saturated carbocycles. The van der Waals surface area contributed by atoms with Crippen LogP contribution in [0.5, 0.6) is 0 Å². The number of nitrogen functional groups attached to an aromatic ring is 1. The second-order valence-corrected chi connectivity index (χ2v) is 9.04. The normalized spacial score (nSPS) is 15.2. The number of thiazole rings is 1. The zero-order chi connectivity index (χ0) is 22.1. The Kier molecular flexibility index (Phi) is 6.25. The first-order valence-electron chi connectivity index (χ1n) is 9.54. The highest BCUT2D eigenvalue weighted by Gasteiger charge is 2.28. The van der Waals surface area contributed by atoms with Crippen LogP contribution in [0.15, 0.2) is 18.2 Å². The van der Waals surface area contributed by atoms with E-state index in [1.54, 1.807) is 4.90 Å². The number of ether oxygens (including phenoxy) is 1. The average Bonchev–Trinajstić information content (AvgIpc) is 3.00. The van der Waals surface area contributed by atoms with Crippen molar-refractivity contribution in [2.75, 3.05) is 24.1 Å². The molecule has 1 aromatic heterocycles. The molecule has 1 aromatic carbocycles. The van der Waals surface area contributed by atoms with Crippen LogP contribution in [0.25, 0.3) is 0 Å². The molecule has 7 nitrogen and oxygen atoms in total. The Morgan fingerprint density at radius 1 is 1.23 bits per heavy atom. The number of hydrogen-bond acceptors (Lipinski definition) is 7. The van der Waals surface area contributed by atoms with Gasteiger partial charge in [-0.05, 0) is 45.7 Å². The molecule has 0 unspecified atom stereocenters. The number of benzene rings is 1. The minimum atomic E-state index is -0.947. The van der Waals surface area contributed by atoms with Gasteiger partial charge in [-0.1, -0.05) is 17.4 Å². The van der Waals surface area contributed by atoms with Gasteiger partial charge in [-0.25, -0.2) is 18.6 Å². The molecule has 1 fully saturated rings. The van der Waals surface area contributed by atoms with Crippen LogP contribution < -0.4 is 11.1 Å². The van der Waals surface area contributed by atoms with E-state index in [0.29, 0.717) is 31.1 Å². The molecular formula is C20H24F2N4O3S. The Hall–Kier alpha value is -2.75. The quantitative estimate of drug-likeness (QED) is 0.699. The summed E-state index contributed by atoms with van der Waals surface area (Å²) in [6.07, 6.45) is 0.965. The first kappa shape index (κ1) is 21.9. The summed E-state index contributed by atoms with van der Waals surface area (Å²) in [6.45, 7) is 6.48. The van der Waals surface area contributed by atoms with Gasteiger partial charge in [0.1, 0.15) is 27.9 Å². The zero-order valence-electron chi connectivity index (χ0n) is 17.0. The third-order valence-electron chi connectivity index (χ3n) is 4.52. The van der Waals surface area contributed by atoms with Crippen molar-refractivity contribution in [3.05, 3.63) is 40.3 Å². The van der Waals surface area contributed by atoms with Gasteiger partial charge >= 0.3 is 6.09 Å². The van der Waals surface area contributed by atoms with Gasteiger partial charge in [0.25, 0.3) is 0 Å². The molecule has 30 heavy (non-hydrogen) atoms. The number of nitrogens with one attached hydrogen (secondary N) is 1. The van der Waals surface area contributed by atoms with Gasteiger partial charge in [-0.15, -0.1) is 0 Å². The molecular weight excluding hydrogens is 414 g/mol. The van der Waals surface area contributed by atoms with Crippen LogP contribution in [-0.2, 0) is 4.74 Å². The maximum atomic E-state index is 13.9. The van der Waals surface area contributed by atoms with E-state index in [-0.39, 0.29) is 22.8 Å². The van der Waals surface area contributed by atoms with E-state index < -0.39 is 28.6 Å². The highest BCUT2D eigenvalue weighted by Crippen LogP contribution is 2.30. The van der Waals surface area contributed by atoms with Gasteiger partial charge in [0.05, 0.1) is 5.56 Å². The number of ketones is 1. The topological polar surface area (TPSA) is 97.6 Å². The molecule has 2 aromatic rings. The molecule has 1 aliphatic rings. The first-order chi connectivity index (χ1) is 14.0. The van der Waals surface area contributed by atoms with Crippen molar-refractivity contribution in [2.24, 2.45) is 0 Å². The monoisotopic (exact) mass is 438 g/mol. The average molecular weight is 439 g/mol. The molecule has 1 aliphatic heterocycles. The molecule has 1 amide bonds. The number of nitrogens with two attached hydrogens (primary N) is 1. The second kappa shape index (κ2) is 8.55. The fraction of sp³-hybridized carbons (Fsp3) is 0.450. The van der Waals surface area contributed by atoms with E-state index in [0.717, 1.165) is 23.5 Å². The van der Waals surface area contributed by atoms with Crippen LogP contribution in [0.4, 0.5) is 24.5 Å². The minimum Gasteiger partial charge on any atom is -0.444 e. The number of anilines is 2. The molecule has 0 radical (unpaired) electrons. The Morgan fingerprint density at radius 2 is 1.83 bits per heavy atom. The van der Waals surface area contributed by atoms with Crippen molar-refractivity contribution >= 4 is 34.2 Å². The third kappa shape index (κ3) is 5.05. The summed E-state index contributed by atoms with van der Waals surface area (Å²) in [5.74, 6) is -2.82. The molecule has 0 atom stereocenters. The van der Waals surface area contributed by atoms with Gasteiger partial charge in [-0.3, -0.25) is 4.79 Å². The van der Waals surface area contributed by atoms with Gasteiger partial charge in [0.15, 0.2) is 5.13 Å². The lowest BCUT2D eigenvalue weighted by atomic mass is 10.1. The van der Waals surface area contributed by atoms with Crippen LogP contribution in [0, 0.1) is 11.6 Å². The largest absolute Gasteiger partial charge is 0.444 e. The van der Waals surface area contributed by atoms with E-state index in [2.05, 4.69) is 10.3 Å². The van der Waals surface area contributed by atoms with Crippen LogP contribution in [0.2, 0.25) is 0 Å². The zero-order valence-corrected chi connectivity index (χ0v) is 17.8. The number of halogens is 2. The van der Waals surface area contributed by atoms with E-state index in [4.69, 9.17) is 10.5 Å². The fourth-order valence-electron chi connectivity index (χ4n) is 3.09. The SMILES string of the molecule is CC(C)(C)OC(=O)N1CCC(Nc2nc(N)c(C(=O)c3c(F)cccc3F)s2)CC1. The highest BCUT2D eigenvalue weighted by molar-refractivity contribution is 7.18. The summed E-state index contributed by atoms with van der Waals surface area (Å²) in [5, 5.41) is 3.59. The van der Waals surface area contributed by atoms with E-state index >= 15 is 0 Å². The van der Waals surface area contributed by atoms with Gasteiger partial charge < -0.3 is 20.7 Å². The third-order valence-corrected chi connectivity index (χ3v) is 5.52. The molecule has 1 saturated heterocycles. The van der Waals surface area contributed by atoms with E-state index in [9.17, 15) is 18.4 Å². The number of hydrogen-bond donors (Lipinski definition) is 2. The van der Waals surface area contributed by atoms with Crippen LogP contribution in [0.3, 0.4) is 0 Å². The van der Waals surface area contributed by atoms with Crippen molar-refractivity contribution in [3.8, 4) is 0 Å². The minimum absolute atomic E-state index is 0.0161. The molecule has 162 valence electrons. The number of likely N-dealkylation sites (tertiary alicyclic amines) is 1. The molecule has 3 rings (SSSR count). The number of carbonyl (C=O) groups is 2. The summed E-state index contributed by atoms with van der Waals surface area (Å²) in [6, 6.07) is 3.24. The molecule has 0 bridgehead atoms. The Bertz CT molecular complexity index is 930. The molecule has 0 spiro atoms. The number of amides is 1. The lowest BCUT2D eigenvalue weighted by molar-refractivity contribution is 0.0210. The van der Waals surface area contributed by atoms with Crippen LogP contribution in [-0.4, -0.2) is 46.5 Å². The molecule has 2 heterocycles. The maximum Gasteiger partial charge on any atom is 0.410 e. The second-order valence-electron chi connectivity index (χ2n) is 8.05. The standard InChI is InChI=1S/C20H24F2N4O3S/c1-20(2,3)29-19(28)26-9-7-11(8-10-26)24-18-25-17(23)16(30-18)15(27)14-12(21)5-4-6-13(14)22/h4-6,11H,7-10,23H2,1-3H3,(H,24,25). The predicted octanol–water partition coefficient (Wildman–Crippen LogP) is 4.05. The number of carbonyl (C=O) groups excluding carboxylic acids is 2. The smallest absolute Gasteiger partial charge is 0.410 e. The predicted molar refractivity (Wildman–Crippen MR) is 111 cm³/mol. The number of rotatable bonds is 4. The molecule has 3 N–H and O–H groups in total. The Morgan fingerprint density at radius 3 is 2.40 bits per heavy atom.